The molecule has 0 radical (unpaired) electrons. The van der Waals surface area contributed by atoms with E-state index in [1.54, 1.807) is 6.08 Å². The lowest BCUT2D eigenvalue weighted by Crippen LogP contribution is -2.39. The molecular weight excluding hydrogens is 242 g/mol. The molecule has 18 heavy (non-hydrogen) atoms. The van der Waals surface area contributed by atoms with E-state index in [1.807, 2.05) is 35.2 Å². The zero-order valence-corrected chi connectivity index (χ0v) is 11.4. The summed E-state index contributed by atoms with van der Waals surface area (Å²) >= 11 is 4.47. The van der Waals surface area contributed by atoms with Crippen molar-refractivity contribution in [2.45, 2.75) is 30.6 Å². The van der Waals surface area contributed by atoms with Crippen LogP contribution in [0.2, 0.25) is 0 Å². The van der Waals surface area contributed by atoms with E-state index in [2.05, 4.69) is 19.2 Å². The van der Waals surface area contributed by atoms with E-state index in [0.717, 1.165) is 18.4 Å². The number of hydrogen-bond acceptors (Lipinski definition) is 2. The lowest BCUT2D eigenvalue weighted by atomic mass is 10.1. The van der Waals surface area contributed by atoms with Crippen molar-refractivity contribution in [1.82, 2.24) is 4.90 Å². The second-order valence-electron chi connectivity index (χ2n) is 4.72. The summed E-state index contributed by atoms with van der Waals surface area (Å²) < 4.78 is 0. The topological polar surface area (TPSA) is 20.3 Å². The summed E-state index contributed by atoms with van der Waals surface area (Å²) in [7, 11) is 0. The van der Waals surface area contributed by atoms with E-state index < -0.39 is 0 Å². The van der Waals surface area contributed by atoms with Gasteiger partial charge in [0.15, 0.2) is 0 Å². The molecule has 1 fully saturated rings. The average Bonchev–Trinajstić information content (AvgIpc) is 3.20. The highest BCUT2D eigenvalue weighted by Gasteiger charge is 2.33. The second-order valence-corrected chi connectivity index (χ2v) is 5.34. The Morgan fingerprint density at radius 2 is 2.11 bits per heavy atom. The SMILES string of the molecule is C=CCN(C(=O)C(S)Cc1ccccc1)C1CC1. The lowest BCUT2D eigenvalue weighted by Gasteiger charge is -2.24. The Bertz CT molecular complexity index is 414. The van der Waals surface area contributed by atoms with Gasteiger partial charge in [0.2, 0.25) is 5.91 Å². The molecule has 0 aliphatic heterocycles. The van der Waals surface area contributed by atoms with Gasteiger partial charge in [-0.25, -0.2) is 0 Å². The predicted molar refractivity (Wildman–Crippen MR) is 77.9 cm³/mol. The Morgan fingerprint density at radius 3 is 2.67 bits per heavy atom. The quantitative estimate of drug-likeness (QED) is 0.616. The molecule has 1 aromatic carbocycles. The van der Waals surface area contributed by atoms with E-state index in [0.29, 0.717) is 19.0 Å². The fraction of sp³-hybridized carbons (Fsp3) is 0.400. The smallest absolute Gasteiger partial charge is 0.236 e. The first-order chi connectivity index (χ1) is 8.72. The molecule has 0 heterocycles. The largest absolute Gasteiger partial charge is 0.335 e. The molecule has 1 unspecified atom stereocenters. The summed E-state index contributed by atoms with van der Waals surface area (Å²) in [6.07, 6.45) is 4.71. The van der Waals surface area contributed by atoms with Crippen LogP contribution in [0.3, 0.4) is 0 Å². The highest BCUT2D eigenvalue weighted by Crippen LogP contribution is 2.28. The maximum absolute atomic E-state index is 12.3. The van der Waals surface area contributed by atoms with E-state index in [9.17, 15) is 4.79 Å². The highest BCUT2D eigenvalue weighted by molar-refractivity contribution is 7.81. The van der Waals surface area contributed by atoms with Gasteiger partial charge >= 0.3 is 0 Å². The monoisotopic (exact) mass is 261 g/mol. The average molecular weight is 261 g/mol. The first kappa shape index (κ1) is 13.2. The van der Waals surface area contributed by atoms with Gasteiger partial charge in [0.1, 0.15) is 0 Å². The number of hydrogen-bond donors (Lipinski definition) is 1. The minimum absolute atomic E-state index is 0.129. The number of rotatable bonds is 6. The Morgan fingerprint density at radius 1 is 1.44 bits per heavy atom. The van der Waals surface area contributed by atoms with Gasteiger partial charge in [-0.15, -0.1) is 6.58 Å². The summed E-state index contributed by atoms with van der Waals surface area (Å²) in [5.41, 5.74) is 1.15. The van der Waals surface area contributed by atoms with Crippen LogP contribution in [0.1, 0.15) is 18.4 Å². The van der Waals surface area contributed by atoms with Gasteiger partial charge in [-0.05, 0) is 24.8 Å². The molecule has 0 saturated heterocycles. The van der Waals surface area contributed by atoms with Gasteiger partial charge in [-0.1, -0.05) is 36.4 Å². The van der Waals surface area contributed by atoms with Crippen LogP contribution < -0.4 is 0 Å². The number of thiol groups is 1. The molecule has 0 N–H and O–H groups in total. The third-order valence-electron chi connectivity index (χ3n) is 3.15. The summed E-state index contributed by atoms with van der Waals surface area (Å²) in [4.78, 5) is 14.2. The van der Waals surface area contributed by atoms with E-state index >= 15 is 0 Å². The zero-order valence-electron chi connectivity index (χ0n) is 10.5. The number of carbonyl (C=O) groups excluding carboxylic acids is 1. The maximum atomic E-state index is 12.3. The van der Waals surface area contributed by atoms with Gasteiger partial charge < -0.3 is 4.90 Å². The number of benzene rings is 1. The molecule has 96 valence electrons. The fourth-order valence-corrected chi connectivity index (χ4v) is 2.42. The van der Waals surface area contributed by atoms with Gasteiger partial charge in [0.25, 0.3) is 0 Å². The fourth-order valence-electron chi connectivity index (χ4n) is 2.06. The minimum Gasteiger partial charge on any atom is -0.335 e. The molecule has 0 aromatic heterocycles. The Kier molecular flexibility index (Phi) is 4.48. The van der Waals surface area contributed by atoms with Gasteiger partial charge in [0, 0.05) is 12.6 Å². The molecule has 2 rings (SSSR count). The van der Waals surface area contributed by atoms with Gasteiger partial charge in [-0.3, -0.25) is 4.79 Å². The third-order valence-corrected chi connectivity index (χ3v) is 3.56. The first-order valence-corrected chi connectivity index (χ1v) is 6.87. The maximum Gasteiger partial charge on any atom is 0.236 e. The molecular formula is C15H19NOS. The minimum atomic E-state index is -0.257. The molecule has 1 aromatic rings. The van der Waals surface area contributed by atoms with Crippen LogP contribution in [0.5, 0.6) is 0 Å². The summed E-state index contributed by atoms with van der Waals surface area (Å²) in [5, 5.41) is -0.257. The predicted octanol–water partition coefficient (Wildman–Crippen LogP) is 2.70. The first-order valence-electron chi connectivity index (χ1n) is 6.35. The van der Waals surface area contributed by atoms with Crippen LogP contribution in [0, 0.1) is 0 Å². The summed E-state index contributed by atoms with van der Waals surface area (Å²) in [6.45, 7) is 4.35. The summed E-state index contributed by atoms with van der Waals surface area (Å²) in [6, 6.07) is 10.4. The Balaban J connectivity index is 1.96. The van der Waals surface area contributed by atoms with Crippen molar-refractivity contribution in [3.05, 3.63) is 48.6 Å². The van der Waals surface area contributed by atoms with Crippen molar-refractivity contribution in [1.29, 1.82) is 0 Å². The van der Waals surface area contributed by atoms with E-state index in [1.165, 1.54) is 0 Å². The zero-order chi connectivity index (χ0) is 13.0. The van der Waals surface area contributed by atoms with Crippen molar-refractivity contribution >= 4 is 18.5 Å². The second kappa shape index (κ2) is 6.10. The van der Waals surface area contributed by atoms with Crippen molar-refractivity contribution in [3.63, 3.8) is 0 Å². The number of carbonyl (C=O) groups is 1. The lowest BCUT2D eigenvalue weighted by molar-refractivity contribution is -0.130. The Hall–Kier alpha value is -1.22. The molecule has 1 aliphatic carbocycles. The number of nitrogens with zero attached hydrogens (tertiary/aromatic N) is 1. The van der Waals surface area contributed by atoms with Crippen molar-refractivity contribution in [2.24, 2.45) is 0 Å². The standard InChI is InChI=1S/C15H19NOS/c1-2-10-16(13-8-9-13)15(17)14(18)11-12-6-4-3-5-7-12/h2-7,13-14,18H,1,8-11H2. The van der Waals surface area contributed by atoms with Crippen LogP contribution in [-0.4, -0.2) is 28.6 Å². The van der Waals surface area contributed by atoms with Crippen molar-refractivity contribution in [3.8, 4) is 0 Å². The highest BCUT2D eigenvalue weighted by atomic mass is 32.1. The van der Waals surface area contributed by atoms with E-state index in [-0.39, 0.29) is 11.2 Å². The van der Waals surface area contributed by atoms with Crippen LogP contribution >= 0.6 is 12.6 Å². The molecule has 0 spiro atoms. The molecule has 1 saturated carbocycles. The van der Waals surface area contributed by atoms with Crippen LogP contribution in [-0.2, 0) is 11.2 Å². The third kappa shape index (κ3) is 3.39. The molecule has 2 nitrogen and oxygen atoms in total. The molecule has 1 aliphatic rings. The van der Waals surface area contributed by atoms with Crippen LogP contribution in [0.25, 0.3) is 0 Å². The molecule has 1 amide bonds. The summed E-state index contributed by atoms with van der Waals surface area (Å²) in [5.74, 6) is 0.129. The number of amides is 1. The van der Waals surface area contributed by atoms with E-state index in [4.69, 9.17) is 0 Å². The van der Waals surface area contributed by atoms with Crippen LogP contribution in [0.15, 0.2) is 43.0 Å². The Labute approximate surface area is 114 Å². The van der Waals surface area contributed by atoms with Crippen LogP contribution in [0.4, 0.5) is 0 Å². The normalized spacial score (nSPS) is 16.1. The molecule has 0 bridgehead atoms. The molecule has 1 atom stereocenters. The van der Waals surface area contributed by atoms with Crippen molar-refractivity contribution < 1.29 is 4.79 Å². The van der Waals surface area contributed by atoms with Gasteiger partial charge in [0.05, 0.1) is 5.25 Å². The van der Waals surface area contributed by atoms with Crippen molar-refractivity contribution in [2.75, 3.05) is 6.54 Å². The molecule has 3 heteroatoms. The van der Waals surface area contributed by atoms with Gasteiger partial charge in [-0.2, -0.15) is 12.6 Å².